The van der Waals surface area contributed by atoms with Gasteiger partial charge in [0.1, 0.15) is 0 Å². The smallest absolute Gasteiger partial charge is 0.370 e. The van der Waals surface area contributed by atoms with Gasteiger partial charge in [-0.1, -0.05) is 56.9 Å². The Morgan fingerprint density at radius 2 is 1.50 bits per heavy atom. The summed E-state index contributed by atoms with van der Waals surface area (Å²) >= 11 is 0. The highest BCUT2D eigenvalue weighted by molar-refractivity contribution is 5.76. The predicted octanol–water partition coefficient (Wildman–Crippen LogP) is 5.15. The van der Waals surface area contributed by atoms with Crippen LogP contribution in [-0.4, -0.2) is 16.9 Å². The molecule has 22 heavy (non-hydrogen) atoms. The molecule has 1 fully saturated rings. The second-order valence-electron chi connectivity index (χ2n) is 5.85. The van der Waals surface area contributed by atoms with Crippen LogP contribution in [0.4, 0.5) is 0 Å². The molecule has 0 radical (unpaired) electrons. The number of rotatable bonds is 14. The molecular formula is C18H30O4. The quantitative estimate of drug-likeness (QED) is 0.208. The molecule has 4 nitrogen and oxygen atoms in total. The van der Waals surface area contributed by atoms with Crippen LogP contribution in [0.5, 0.6) is 0 Å². The van der Waals surface area contributed by atoms with Gasteiger partial charge in [-0.3, -0.25) is 0 Å². The molecule has 0 aromatic heterocycles. The van der Waals surface area contributed by atoms with Crippen LogP contribution in [0.3, 0.4) is 0 Å². The summed E-state index contributed by atoms with van der Waals surface area (Å²) in [5.74, 6) is -2.33. The normalized spacial score (nSPS) is 16.6. The highest BCUT2D eigenvalue weighted by atomic mass is 17.4. The molecule has 0 spiro atoms. The van der Waals surface area contributed by atoms with E-state index in [4.69, 9.17) is 5.11 Å². The first kappa shape index (κ1) is 18.9. The number of carboxylic acid groups (broad SMARTS) is 1. The van der Waals surface area contributed by atoms with Gasteiger partial charge < -0.3 is 5.11 Å². The maximum absolute atomic E-state index is 10.8. The number of hydrogen-bond donors (Lipinski definition) is 1. The van der Waals surface area contributed by atoms with E-state index < -0.39 is 11.8 Å². The monoisotopic (exact) mass is 310 g/mol. The standard InChI is InChI=1S/C18H30O4/c1-2-3-4-5-6-7-8-9-10-11-12-13-14-15-16-18(17(19)20)21-22-18/h6-7,9-10H,2-5,8,11-16H2,1H3,(H,19,20)/b7-6-,10-9-. The van der Waals surface area contributed by atoms with E-state index >= 15 is 0 Å². The summed E-state index contributed by atoms with van der Waals surface area (Å²) in [7, 11) is 0. The molecule has 0 aliphatic carbocycles. The van der Waals surface area contributed by atoms with Crippen LogP contribution in [-0.2, 0) is 14.6 Å². The van der Waals surface area contributed by atoms with Crippen LogP contribution in [0, 0.1) is 0 Å². The van der Waals surface area contributed by atoms with Gasteiger partial charge in [0.25, 0.3) is 0 Å². The molecule has 1 aliphatic heterocycles. The molecule has 1 N–H and O–H groups in total. The zero-order valence-electron chi connectivity index (χ0n) is 13.8. The minimum absolute atomic E-state index is 0.445. The van der Waals surface area contributed by atoms with Crippen molar-refractivity contribution in [1.82, 2.24) is 0 Å². The topological polar surface area (TPSA) is 62.4 Å². The van der Waals surface area contributed by atoms with E-state index in [1.807, 2.05) is 0 Å². The maximum atomic E-state index is 10.8. The van der Waals surface area contributed by atoms with Crippen LogP contribution in [0.2, 0.25) is 0 Å². The van der Waals surface area contributed by atoms with Gasteiger partial charge in [-0.15, -0.1) is 0 Å². The molecule has 1 rings (SSSR count). The molecule has 0 aromatic rings. The van der Waals surface area contributed by atoms with Crippen LogP contribution < -0.4 is 0 Å². The van der Waals surface area contributed by atoms with Crippen LogP contribution in [0.15, 0.2) is 24.3 Å². The van der Waals surface area contributed by atoms with Gasteiger partial charge in [0.2, 0.25) is 0 Å². The van der Waals surface area contributed by atoms with E-state index in [0.717, 1.165) is 38.5 Å². The first-order chi connectivity index (χ1) is 10.7. The highest BCUT2D eigenvalue weighted by Crippen LogP contribution is 2.35. The molecule has 0 bridgehead atoms. The van der Waals surface area contributed by atoms with E-state index in [9.17, 15) is 4.79 Å². The van der Waals surface area contributed by atoms with Crippen molar-refractivity contribution in [3.05, 3.63) is 24.3 Å². The third-order valence-electron chi connectivity index (χ3n) is 3.82. The lowest BCUT2D eigenvalue weighted by atomic mass is 10.1. The third-order valence-corrected chi connectivity index (χ3v) is 3.82. The fraction of sp³-hybridized carbons (Fsp3) is 0.722. The Hall–Kier alpha value is -1.13. The SMILES string of the molecule is CCCCC/C=C\C/C=C\CCCCCCC1(C(=O)O)OO1. The van der Waals surface area contributed by atoms with Crippen LogP contribution >= 0.6 is 0 Å². The van der Waals surface area contributed by atoms with Gasteiger partial charge in [-0.25, -0.2) is 4.79 Å². The maximum Gasteiger partial charge on any atom is 0.370 e. The summed E-state index contributed by atoms with van der Waals surface area (Å²) in [6.45, 7) is 2.23. The van der Waals surface area contributed by atoms with Gasteiger partial charge in [0, 0.05) is 6.42 Å². The van der Waals surface area contributed by atoms with E-state index in [-0.39, 0.29) is 0 Å². The summed E-state index contributed by atoms with van der Waals surface area (Å²) in [6.07, 6.45) is 20.8. The lowest BCUT2D eigenvalue weighted by Crippen LogP contribution is -2.23. The highest BCUT2D eigenvalue weighted by Gasteiger charge is 2.56. The summed E-state index contributed by atoms with van der Waals surface area (Å²) < 4.78 is 0. The van der Waals surface area contributed by atoms with Crippen molar-refractivity contribution in [3.63, 3.8) is 0 Å². The van der Waals surface area contributed by atoms with Gasteiger partial charge in [0.05, 0.1) is 0 Å². The van der Waals surface area contributed by atoms with Gasteiger partial charge in [0.15, 0.2) is 0 Å². The molecule has 0 atom stereocenters. The Morgan fingerprint density at radius 1 is 0.909 bits per heavy atom. The molecule has 1 heterocycles. The van der Waals surface area contributed by atoms with Crippen LogP contribution in [0.25, 0.3) is 0 Å². The van der Waals surface area contributed by atoms with Crippen molar-refractivity contribution in [3.8, 4) is 0 Å². The number of carboxylic acids is 1. The molecule has 4 heteroatoms. The van der Waals surface area contributed by atoms with Crippen molar-refractivity contribution in [2.75, 3.05) is 0 Å². The van der Waals surface area contributed by atoms with E-state index in [1.54, 1.807) is 0 Å². The van der Waals surface area contributed by atoms with Gasteiger partial charge in [-0.05, 0) is 38.5 Å². The number of hydrogen-bond acceptors (Lipinski definition) is 3. The summed E-state index contributed by atoms with van der Waals surface area (Å²) in [4.78, 5) is 19.9. The Labute approximate surface area is 134 Å². The molecule has 126 valence electrons. The van der Waals surface area contributed by atoms with Crippen molar-refractivity contribution < 1.29 is 19.7 Å². The molecule has 0 unspecified atom stereocenters. The van der Waals surface area contributed by atoms with E-state index in [1.165, 1.54) is 25.7 Å². The number of carbonyl (C=O) groups is 1. The lowest BCUT2D eigenvalue weighted by molar-refractivity contribution is -0.144. The van der Waals surface area contributed by atoms with Crippen molar-refractivity contribution in [2.24, 2.45) is 0 Å². The zero-order chi connectivity index (χ0) is 16.1. The number of allylic oxidation sites excluding steroid dienone is 4. The molecular weight excluding hydrogens is 280 g/mol. The lowest BCUT2D eigenvalue weighted by Gasteiger charge is -2.01. The largest absolute Gasteiger partial charge is 0.477 e. The molecule has 1 aliphatic rings. The molecule has 0 amide bonds. The van der Waals surface area contributed by atoms with Crippen molar-refractivity contribution in [2.45, 2.75) is 83.3 Å². The molecule has 0 saturated carbocycles. The zero-order valence-corrected chi connectivity index (χ0v) is 13.8. The average molecular weight is 310 g/mol. The Kier molecular flexibility index (Phi) is 9.84. The second kappa shape index (κ2) is 11.4. The van der Waals surface area contributed by atoms with Crippen molar-refractivity contribution in [1.29, 1.82) is 0 Å². The fourth-order valence-electron chi connectivity index (χ4n) is 2.30. The number of unbranched alkanes of at least 4 members (excludes halogenated alkanes) is 7. The van der Waals surface area contributed by atoms with Crippen LogP contribution in [0.1, 0.15) is 77.6 Å². The molecule has 0 aromatic carbocycles. The van der Waals surface area contributed by atoms with Gasteiger partial charge >= 0.3 is 11.8 Å². The third kappa shape index (κ3) is 8.35. The number of aliphatic carboxylic acids is 1. The predicted molar refractivity (Wildman–Crippen MR) is 87.3 cm³/mol. The summed E-state index contributed by atoms with van der Waals surface area (Å²) in [5.41, 5.74) is 0. The molecule has 1 saturated heterocycles. The average Bonchev–Trinajstić information content (AvgIpc) is 3.29. The van der Waals surface area contributed by atoms with E-state index in [0.29, 0.717) is 6.42 Å². The Balaban J connectivity index is 1.85. The Bertz CT molecular complexity index is 356. The van der Waals surface area contributed by atoms with Crippen molar-refractivity contribution >= 4 is 5.97 Å². The Morgan fingerprint density at radius 3 is 2.05 bits per heavy atom. The summed E-state index contributed by atoms with van der Waals surface area (Å²) in [6, 6.07) is 0. The minimum atomic E-state index is -1.32. The van der Waals surface area contributed by atoms with Gasteiger partial charge in [-0.2, -0.15) is 9.78 Å². The first-order valence-electron chi connectivity index (χ1n) is 8.61. The van der Waals surface area contributed by atoms with E-state index in [2.05, 4.69) is 41.0 Å². The first-order valence-corrected chi connectivity index (χ1v) is 8.61. The minimum Gasteiger partial charge on any atom is -0.477 e. The second-order valence-corrected chi connectivity index (χ2v) is 5.85. The summed E-state index contributed by atoms with van der Waals surface area (Å²) in [5, 5.41) is 8.84. The fourth-order valence-corrected chi connectivity index (χ4v) is 2.30.